The van der Waals surface area contributed by atoms with Crippen molar-refractivity contribution in [1.29, 1.82) is 0 Å². The maximum Gasteiger partial charge on any atom is 0.306 e. The highest BCUT2D eigenvalue weighted by Gasteiger charge is 2.04. The van der Waals surface area contributed by atoms with Gasteiger partial charge in [0.2, 0.25) is 0 Å². The van der Waals surface area contributed by atoms with Gasteiger partial charge in [-0.15, -0.1) is 0 Å². The van der Waals surface area contributed by atoms with Crippen LogP contribution in [-0.4, -0.2) is 17.9 Å². The minimum Gasteiger partial charge on any atom is -0.466 e. The zero-order valence-corrected chi connectivity index (χ0v) is 9.39. The van der Waals surface area contributed by atoms with Gasteiger partial charge in [-0.05, 0) is 18.8 Å². The van der Waals surface area contributed by atoms with Crippen LogP contribution >= 0.6 is 15.9 Å². The zero-order chi connectivity index (χ0) is 9.40. The lowest BCUT2D eigenvalue weighted by Crippen LogP contribution is -2.08. The summed E-state index contributed by atoms with van der Waals surface area (Å²) in [5.74, 6) is 0.327. The number of halogens is 1. The van der Waals surface area contributed by atoms with E-state index in [1.807, 2.05) is 13.8 Å². The Labute approximate surface area is 82.8 Å². The van der Waals surface area contributed by atoms with Crippen LogP contribution in [0.5, 0.6) is 0 Å². The van der Waals surface area contributed by atoms with E-state index in [2.05, 4.69) is 15.9 Å². The third kappa shape index (κ3) is 8.05. The van der Waals surface area contributed by atoms with Crippen LogP contribution in [0, 0.1) is 5.92 Å². The van der Waals surface area contributed by atoms with E-state index in [9.17, 15) is 4.79 Å². The van der Waals surface area contributed by atoms with Crippen molar-refractivity contribution in [2.45, 2.75) is 33.1 Å². The maximum absolute atomic E-state index is 11.0. The molecule has 0 N–H and O–H groups in total. The second-order valence-electron chi connectivity index (χ2n) is 3.21. The lowest BCUT2D eigenvalue weighted by molar-refractivity contribution is -0.144. The molecule has 0 aliphatic carbocycles. The molecule has 0 atom stereocenters. The highest BCUT2D eigenvalue weighted by atomic mass is 79.9. The van der Waals surface area contributed by atoms with E-state index in [0.29, 0.717) is 18.9 Å². The largest absolute Gasteiger partial charge is 0.466 e. The molecule has 0 saturated carbocycles. The first kappa shape index (κ1) is 11.9. The van der Waals surface area contributed by atoms with Gasteiger partial charge in [-0.3, -0.25) is 4.79 Å². The Bertz CT molecular complexity index is 124. The van der Waals surface area contributed by atoms with Gasteiger partial charge in [0.25, 0.3) is 0 Å². The van der Waals surface area contributed by atoms with Gasteiger partial charge in [-0.1, -0.05) is 29.8 Å². The van der Waals surface area contributed by atoms with Gasteiger partial charge < -0.3 is 4.74 Å². The highest BCUT2D eigenvalue weighted by molar-refractivity contribution is 9.09. The molecule has 0 spiro atoms. The van der Waals surface area contributed by atoms with Crippen LogP contribution in [0.4, 0.5) is 0 Å². The van der Waals surface area contributed by atoms with E-state index in [1.54, 1.807) is 0 Å². The minimum absolute atomic E-state index is 0.0698. The van der Waals surface area contributed by atoms with Gasteiger partial charge in [0.15, 0.2) is 0 Å². The molecule has 0 aromatic carbocycles. The van der Waals surface area contributed by atoms with Crippen molar-refractivity contribution in [3.05, 3.63) is 0 Å². The first-order chi connectivity index (χ1) is 5.66. The molecule has 0 radical (unpaired) electrons. The molecule has 0 aliphatic rings. The van der Waals surface area contributed by atoms with Crippen molar-refractivity contribution >= 4 is 21.9 Å². The molecular formula is C9H17BrO2. The summed E-state index contributed by atoms with van der Waals surface area (Å²) >= 11 is 3.32. The summed E-state index contributed by atoms with van der Waals surface area (Å²) in [7, 11) is 0. The molecule has 0 aliphatic heterocycles. The van der Waals surface area contributed by atoms with Gasteiger partial charge in [0.05, 0.1) is 6.61 Å². The Morgan fingerprint density at radius 3 is 2.58 bits per heavy atom. The van der Waals surface area contributed by atoms with Gasteiger partial charge in [-0.25, -0.2) is 0 Å². The first-order valence-electron chi connectivity index (χ1n) is 4.38. The molecule has 0 heterocycles. The summed E-state index contributed by atoms with van der Waals surface area (Å²) in [6.07, 6.45) is 2.55. The zero-order valence-electron chi connectivity index (χ0n) is 7.81. The molecule has 0 rings (SSSR count). The van der Waals surface area contributed by atoms with Crippen LogP contribution in [0.2, 0.25) is 0 Å². The molecular weight excluding hydrogens is 220 g/mol. The van der Waals surface area contributed by atoms with E-state index >= 15 is 0 Å². The predicted octanol–water partition coefficient (Wildman–Crippen LogP) is 2.75. The molecule has 12 heavy (non-hydrogen) atoms. The fourth-order valence-corrected chi connectivity index (χ4v) is 1.17. The second kappa shape index (κ2) is 7.59. The number of carbonyl (C=O) groups is 1. The Morgan fingerprint density at radius 2 is 2.08 bits per heavy atom. The van der Waals surface area contributed by atoms with Crippen molar-refractivity contribution in [2.24, 2.45) is 5.92 Å². The molecule has 2 nitrogen and oxygen atoms in total. The van der Waals surface area contributed by atoms with Crippen molar-refractivity contribution in [2.75, 3.05) is 11.9 Å². The molecule has 0 amide bonds. The standard InChI is InChI=1S/C9H17BrO2/c1-8(2)7-9(11)12-6-4-3-5-10/h8H,3-7H2,1-2H3. The molecule has 0 saturated heterocycles. The summed E-state index contributed by atoms with van der Waals surface area (Å²) in [4.78, 5) is 11.0. The van der Waals surface area contributed by atoms with Crippen LogP contribution in [0.3, 0.4) is 0 Å². The summed E-state index contributed by atoms with van der Waals surface area (Å²) in [5, 5.41) is 0.981. The van der Waals surface area contributed by atoms with Crippen LogP contribution < -0.4 is 0 Å². The Morgan fingerprint density at radius 1 is 1.42 bits per heavy atom. The Kier molecular flexibility index (Phi) is 7.56. The molecule has 72 valence electrons. The summed E-state index contributed by atoms with van der Waals surface area (Å²) < 4.78 is 5.00. The number of ether oxygens (including phenoxy) is 1. The van der Waals surface area contributed by atoms with E-state index in [1.165, 1.54) is 0 Å². The number of hydrogen-bond donors (Lipinski definition) is 0. The van der Waals surface area contributed by atoms with E-state index < -0.39 is 0 Å². The Balaban J connectivity index is 3.20. The normalized spacial score (nSPS) is 10.3. The van der Waals surface area contributed by atoms with Crippen LogP contribution in [0.25, 0.3) is 0 Å². The summed E-state index contributed by atoms with van der Waals surface area (Å²) in [6.45, 7) is 4.59. The number of carbonyl (C=O) groups excluding carboxylic acids is 1. The number of alkyl halides is 1. The lowest BCUT2D eigenvalue weighted by atomic mass is 10.1. The number of esters is 1. The van der Waals surface area contributed by atoms with E-state index in [0.717, 1.165) is 18.2 Å². The van der Waals surface area contributed by atoms with E-state index in [4.69, 9.17) is 4.74 Å². The molecule has 0 fully saturated rings. The molecule has 3 heteroatoms. The van der Waals surface area contributed by atoms with Crippen LogP contribution in [0.15, 0.2) is 0 Å². The molecule has 0 aromatic rings. The summed E-state index contributed by atoms with van der Waals surface area (Å²) in [6, 6.07) is 0. The predicted molar refractivity (Wildman–Crippen MR) is 53.4 cm³/mol. The van der Waals surface area contributed by atoms with Crippen LogP contribution in [-0.2, 0) is 9.53 Å². The van der Waals surface area contributed by atoms with Crippen molar-refractivity contribution < 1.29 is 9.53 Å². The van der Waals surface area contributed by atoms with Crippen molar-refractivity contribution in [3.8, 4) is 0 Å². The highest BCUT2D eigenvalue weighted by Crippen LogP contribution is 2.02. The minimum atomic E-state index is -0.0698. The lowest BCUT2D eigenvalue weighted by Gasteiger charge is -2.05. The van der Waals surface area contributed by atoms with Crippen LogP contribution in [0.1, 0.15) is 33.1 Å². The van der Waals surface area contributed by atoms with Gasteiger partial charge in [0.1, 0.15) is 0 Å². The van der Waals surface area contributed by atoms with Gasteiger partial charge in [-0.2, -0.15) is 0 Å². The Hall–Kier alpha value is -0.0500. The number of unbranched alkanes of at least 4 members (excludes halogenated alkanes) is 1. The van der Waals surface area contributed by atoms with Gasteiger partial charge >= 0.3 is 5.97 Å². The topological polar surface area (TPSA) is 26.3 Å². The van der Waals surface area contributed by atoms with Crippen molar-refractivity contribution in [3.63, 3.8) is 0 Å². The molecule has 0 aromatic heterocycles. The average molecular weight is 237 g/mol. The summed E-state index contributed by atoms with van der Waals surface area (Å²) in [5.41, 5.74) is 0. The first-order valence-corrected chi connectivity index (χ1v) is 5.50. The monoisotopic (exact) mass is 236 g/mol. The third-order valence-electron chi connectivity index (χ3n) is 1.37. The maximum atomic E-state index is 11.0. The quantitative estimate of drug-likeness (QED) is 0.403. The average Bonchev–Trinajstić information content (AvgIpc) is 1.97. The number of hydrogen-bond acceptors (Lipinski definition) is 2. The third-order valence-corrected chi connectivity index (χ3v) is 1.93. The van der Waals surface area contributed by atoms with E-state index in [-0.39, 0.29) is 5.97 Å². The molecule has 0 unspecified atom stereocenters. The van der Waals surface area contributed by atoms with Gasteiger partial charge in [0, 0.05) is 11.8 Å². The SMILES string of the molecule is CC(C)CC(=O)OCCCCBr. The molecule has 0 bridgehead atoms. The second-order valence-corrected chi connectivity index (χ2v) is 4.01. The fourth-order valence-electron chi connectivity index (χ4n) is 0.775. The fraction of sp³-hybridized carbons (Fsp3) is 0.889. The van der Waals surface area contributed by atoms with Crippen molar-refractivity contribution in [1.82, 2.24) is 0 Å². The smallest absolute Gasteiger partial charge is 0.306 e. The number of rotatable bonds is 6.